The molecule has 1 aromatic heterocycles. The maximum Gasteiger partial charge on any atom is 0.266 e. The molecule has 2 unspecified atom stereocenters. The zero-order valence-electron chi connectivity index (χ0n) is 7.96. The summed E-state index contributed by atoms with van der Waals surface area (Å²) in [5, 5.41) is 20.4. The van der Waals surface area contributed by atoms with Crippen LogP contribution in [0.25, 0.3) is 0 Å². The van der Waals surface area contributed by atoms with Gasteiger partial charge in [-0.25, -0.2) is 0 Å². The summed E-state index contributed by atoms with van der Waals surface area (Å²) in [4.78, 5) is 13.7. The third-order valence-electron chi connectivity index (χ3n) is 2.44. The van der Waals surface area contributed by atoms with Crippen molar-refractivity contribution in [2.45, 2.75) is 12.2 Å². The fourth-order valence-electron chi connectivity index (χ4n) is 1.57. The fourth-order valence-corrected chi connectivity index (χ4v) is 2.36. The minimum atomic E-state index is -0.852. The highest BCUT2D eigenvalue weighted by Crippen LogP contribution is 2.23. The van der Waals surface area contributed by atoms with E-state index in [1.165, 1.54) is 16.2 Å². The SMILES string of the molecule is Nc1ccsc1C(=O)N1CC(O)C(O)C1. The van der Waals surface area contributed by atoms with Gasteiger partial charge in [0.1, 0.15) is 4.88 Å². The molecule has 6 heteroatoms. The molecule has 0 aliphatic carbocycles. The molecule has 0 spiro atoms. The van der Waals surface area contributed by atoms with Crippen LogP contribution in [0.3, 0.4) is 0 Å². The van der Waals surface area contributed by atoms with Crippen LogP contribution >= 0.6 is 11.3 Å². The van der Waals surface area contributed by atoms with Crippen LogP contribution in [-0.2, 0) is 0 Å². The van der Waals surface area contributed by atoms with E-state index in [0.717, 1.165) is 0 Å². The van der Waals surface area contributed by atoms with Gasteiger partial charge < -0.3 is 20.8 Å². The second-order valence-corrected chi connectivity index (χ2v) is 4.47. The smallest absolute Gasteiger partial charge is 0.266 e. The van der Waals surface area contributed by atoms with Gasteiger partial charge in [0, 0.05) is 13.1 Å². The first kappa shape index (κ1) is 10.4. The van der Waals surface area contributed by atoms with Crippen molar-refractivity contribution < 1.29 is 15.0 Å². The van der Waals surface area contributed by atoms with Crippen LogP contribution in [0.1, 0.15) is 9.67 Å². The third-order valence-corrected chi connectivity index (χ3v) is 3.35. The lowest BCUT2D eigenvalue weighted by Crippen LogP contribution is -2.29. The second-order valence-electron chi connectivity index (χ2n) is 3.55. The van der Waals surface area contributed by atoms with Gasteiger partial charge in [0.2, 0.25) is 0 Å². The minimum absolute atomic E-state index is 0.164. The molecule has 1 fully saturated rings. The lowest BCUT2D eigenvalue weighted by Gasteiger charge is -2.14. The largest absolute Gasteiger partial charge is 0.397 e. The molecule has 2 heterocycles. The molecule has 0 aromatic carbocycles. The number of β-amino-alcohol motifs (C(OH)–C–C–N with tert-alkyl or cyclic N) is 2. The number of hydrogen-bond donors (Lipinski definition) is 3. The van der Waals surface area contributed by atoms with Gasteiger partial charge in [-0.3, -0.25) is 4.79 Å². The Morgan fingerprint density at radius 3 is 2.53 bits per heavy atom. The Hall–Kier alpha value is -1.11. The molecule has 4 N–H and O–H groups in total. The van der Waals surface area contributed by atoms with Crippen LogP contribution in [0, 0.1) is 0 Å². The molecule has 1 amide bonds. The predicted octanol–water partition coefficient (Wildman–Crippen LogP) is -0.492. The molecule has 0 saturated carbocycles. The van der Waals surface area contributed by atoms with Crippen molar-refractivity contribution in [1.82, 2.24) is 4.90 Å². The van der Waals surface area contributed by atoms with Crippen LogP contribution < -0.4 is 5.73 Å². The molecule has 1 saturated heterocycles. The third kappa shape index (κ3) is 1.83. The number of aliphatic hydroxyl groups is 2. The summed E-state index contributed by atoms with van der Waals surface area (Å²) in [6, 6.07) is 1.67. The number of carbonyl (C=O) groups excluding carboxylic acids is 1. The molecular formula is C9H12N2O3S. The highest BCUT2D eigenvalue weighted by atomic mass is 32.1. The van der Waals surface area contributed by atoms with E-state index in [1.54, 1.807) is 11.4 Å². The number of thiophene rings is 1. The number of nitrogen functional groups attached to an aromatic ring is 1. The zero-order valence-corrected chi connectivity index (χ0v) is 8.78. The van der Waals surface area contributed by atoms with Gasteiger partial charge in [0.25, 0.3) is 5.91 Å². The normalized spacial score (nSPS) is 25.9. The molecule has 1 aliphatic rings. The second kappa shape index (κ2) is 3.80. The number of hydrogen-bond acceptors (Lipinski definition) is 5. The van der Waals surface area contributed by atoms with Crippen LogP contribution in [-0.4, -0.2) is 46.3 Å². The highest BCUT2D eigenvalue weighted by molar-refractivity contribution is 7.12. The number of nitrogens with two attached hydrogens (primary N) is 1. The molecule has 2 atom stereocenters. The number of carbonyl (C=O) groups is 1. The van der Waals surface area contributed by atoms with Crippen molar-refractivity contribution >= 4 is 22.9 Å². The minimum Gasteiger partial charge on any atom is -0.397 e. The van der Waals surface area contributed by atoms with E-state index in [1.807, 2.05) is 0 Å². The average molecular weight is 228 g/mol. The molecule has 1 aliphatic heterocycles. The zero-order chi connectivity index (χ0) is 11.0. The quantitative estimate of drug-likeness (QED) is 0.605. The highest BCUT2D eigenvalue weighted by Gasteiger charge is 2.33. The van der Waals surface area contributed by atoms with Crippen molar-refractivity contribution in [3.05, 3.63) is 16.3 Å². The number of likely N-dealkylation sites (tertiary alicyclic amines) is 1. The maximum absolute atomic E-state index is 11.9. The molecule has 15 heavy (non-hydrogen) atoms. The Morgan fingerprint density at radius 2 is 2.07 bits per heavy atom. The van der Waals surface area contributed by atoms with E-state index in [2.05, 4.69) is 0 Å². The summed E-state index contributed by atoms with van der Waals surface area (Å²) < 4.78 is 0. The van der Waals surface area contributed by atoms with E-state index in [4.69, 9.17) is 5.73 Å². The number of amides is 1. The van der Waals surface area contributed by atoms with Crippen molar-refractivity contribution in [2.75, 3.05) is 18.8 Å². The Labute approximate surface area is 90.7 Å². The van der Waals surface area contributed by atoms with E-state index in [9.17, 15) is 15.0 Å². The molecule has 5 nitrogen and oxygen atoms in total. The van der Waals surface area contributed by atoms with Crippen LogP contribution in [0.15, 0.2) is 11.4 Å². The van der Waals surface area contributed by atoms with E-state index in [-0.39, 0.29) is 19.0 Å². The van der Waals surface area contributed by atoms with E-state index >= 15 is 0 Å². The summed E-state index contributed by atoms with van der Waals surface area (Å²) in [5.41, 5.74) is 6.06. The first-order chi connectivity index (χ1) is 7.09. The Morgan fingerprint density at radius 1 is 1.47 bits per heavy atom. The topological polar surface area (TPSA) is 86.8 Å². The van der Waals surface area contributed by atoms with Gasteiger partial charge in [0.15, 0.2) is 0 Å². The first-order valence-corrected chi connectivity index (χ1v) is 5.46. The lowest BCUT2D eigenvalue weighted by atomic mass is 10.3. The Bertz CT molecular complexity index is 369. The molecule has 2 rings (SSSR count). The van der Waals surface area contributed by atoms with Crippen LogP contribution in [0.2, 0.25) is 0 Å². The molecule has 1 aromatic rings. The summed E-state index contributed by atoms with van der Waals surface area (Å²) in [7, 11) is 0. The standard InChI is InChI=1S/C9H12N2O3S/c10-5-1-2-15-8(5)9(14)11-3-6(12)7(13)4-11/h1-2,6-7,12-13H,3-4,10H2. The van der Waals surface area contributed by atoms with Crippen molar-refractivity contribution in [3.63, 3.8) is 0 Å². The number of aliphatic hydroxyl groups excluding tert-OH is 2. The number of anilines is 1. The molecular weight excluding hydrogens is 216 g/mol. The summed E-state index contributed by atoms with van der Waals surface area (Å²) in [5.74, 6) is -0.224. The van der Waals surface area contributed by atoms with E-state index < -0.39 is 12.2 Å². The molecule has 0 radical (unpaired) electrons. The summed E-state index contributed by atoms with van der Waals surface area (Å²) in [6.07, 6.45) is -1.70. The lowest BCUT2D eigenvalue weighted by molar-refractivity contribution is 0.0572. The van der Waals surface area contributed by atoms with Crippen molar-refractivity contribution in [2.24, 2.45) is 0 Å². The van der Waals surface area contributed by atoms with Gasteiger partial charge >= 0.3 is 0 Å². The van der Waals surface area contributed by atoms with E-state index in [0.29, 0.717) is 10.6 Å². The van der Waals surface area contributed by atoms with Gasteiger partial charge in [-0.15, -0.1) is 11.3 Å². The number of rotatable bonds is 1. The van der Waals surface area contributed by atoms with Crippen molar-refractivity contribution in [3.8, 4) is 0 Å². The fraction of sp³-hybridized carbons (Fsp3) is 0.444. The predicted molar refractivity (Wildman–Crippen MR) is 56.6 cm³/mol. The monoisotopic (exact) mass is 228 g/mol. The van der Waals surface area contributed by atoms with Gasteiger partial charge in [0.05, 0.1) is 17.9 Å². The number of nitrogens with zero attached hydrogens (tertiary/aromatic N) is 1. The van der Waals surface area contributed by atoms with Gasteiger partial charge in [-0.2, -0.15) is 0 Å². The van der Waals surface area contributed by atoms with Gasteiger partial charge in [-0.1, -0.05) is 0 Å². The molecule has 82 valence electrons. The Kier molecular flexibility index (Phi) is 2.64. The van der Waals surface area contributed by atoms with Crippen LogP contribution in [0.4, 0.5) is 5.69 Å². The van der Waals surface area contributed by atoms with Crippen molar-refractivity contribution in [1.29, 1.82) is 0 Å². The Balaban J connectivity index is 2.13. The first-order valence-electron chi connectivity index (χ1n) is 4.58. The maximum atomic E-state index is 11.9. The van der Waals surface area contributed by atoms with Gasteiger partial charge in [-0.05, 0) is 11.4 Å². The summed E-state index contributed by atoms with van der Waals surface area (Å²) >= 11 is 1.27. The molecule has 0 bridgehead atoms. The average Bonchev–Trinajstić information content (AvgIpc) is 2.74. The van der Waals surface area contributed by atoms with Crippen LogP contribution in [0.5, 0.6) is 0 Å². The summed E-state index contributed by atoms with van der Waals surface area (Å²) in [6.45, 7) is 0.328.